The van der Waals surface area contributed by atoms with Crippen LogP contribution in [0.25, 0.3) is 0 Å². The average Bonchev–Trinajstić information content (AvgIpc) is 2.87. The van der Waals surface area contributed by atoms with E-state index in [1.54, 1.807) is 0 Å². The van der Waals surface area contributed by atoms with Gasteiger partial charge < -0.3 is 10.2 Å². The zero-order valence-electron chi connectivity index (χ0n) is 10.5. The van der Waals surface area contributed by atoms with Crippen LogP contribution in [0.3, 0.4) is 0 Å². The minimum absolute atomic E-state index is 0.0127. The van der Waals surface area contributed by atoms with Crippen LogP contribution in [-0.2, 0) is 10.0 Å². The Balaban J connectivity index is 1.81. The van der Waals surface area contributed by atoms with E-state index in [9.17, 15) is 8.42 Å². The highest BCUT2D eigenvalue weighted by atomic mass is 32.2. The summed E-state index contributed by atoms with van der Waals surface area (Å²) in [6.07, 6.45) is 3.21. The SMILES string of the molecule is CC(CN1CCCC1)NS(=O)(=O)C1CCNC1. The minimum Gasteiger partial charge on any atom is -0.315 e. The van der Waals surface area contributed by atoms with Crippen molar-refractivity contribution in [2.45, 2.75) is 37.5 Å². The van der Waals surface area contributed by atoms with Gasteiger partial charge in [-0.2, -0.15) is 0 Å². The second-order valence-corrected chi connectivity index (χ2v) is 7.18. The van der Waals surface area contributed by atoms with Crippen LogP contribution in [0.15, 0.2) is 0 Å². The molecule has 0 aromatic carbocycles. The van der Waals surface area contributed by atoms with Crippen molar-refractivity contribution in [3.8, 4) is 0 Å². The first-order chi connectivity index (χ1) is 8.08. The summed E-state index contributed by atoms with van der Waals surface area (Å²) in [5.41, 5.74) is 0. The van der Waals surface area contributed by atoms with Gasteiger partial charge in [0.05, 0.1) is 5.25 Å². The molecule has 2 heterocycles. The van der Waals surface area contributed by atoms with Crippen LogP contribution in [0.2, 0.25) is 0 Å². The molecule has 2 aliphatic heterocycles. The number of hydrogen-bond acceptors (Lipinski definition) is 4. The van der Waals surface area contributed by atoms with Crippen molar-refractivity contribution in [1.82, 2.24) is 14.9 Å². The standard InChI is InChI=1S/C11H23N3O2S/c1-10(9-14-6-2-3-7-14)13-17(15,16)11-4-5-12-8-11/h10-13H,2-9H2,1H3. The number of hydrogen-bond donors (Lipinski definition) is 2. The molecule has 0 bridgehead atoms. The van der Waals surface area contributed by atoms with Crippen molar-refractivity contribution in [3.63, 3.8) is 0 Å². The highest BCUT2D eigenvalue weighted by Crippen LogP contribution is 2.11. The fourth-order valence-electron chi connectivity index (χ4n) is 2.66. The maximum Gasteiger partial charge on any atom is 0.216 e. The third kappa shape index (κ3) is 3.64. The molecule has 2 saturated heterocycles. The second-order valence-electron chi connectivity index (χ2n) is 5.19. The van der Waals surface area contributed by atoms with Gasteiger partial charge in [0, 0.05) is 19.1 Å². The molecule has 100 valence electrons. The summed E-state index contributed by atoms with van der Waals surface area (Å²) in [6, 6.07) is 0.0127. The van der Waals surface area contributed by atoms with Gasteiger partial charge in [0.25, 0.3) is 0 Å². The van der Waals surface area contributed by atoms with E-state index in [1.165, 1.54) is 12.8 Å². The monoisotopic (exact) mass is 261 g/mol. The van der Waals surface area contributed by atoms with Crippen LogP contribution < -0.4 is 10.0 Å². The molecule has 17 heavy (non-hydrogen) atoms. The fraction of sp³-hybridized carbons (Fsp3) is 1.00. The predicted octanol–water partition coefficient (Wildman–Crippen LogP) is -0.248. The van der Waals surface area contributed by atoms with Crippen molar-refractivity contribution in [1.29, 1.82) is 0 Å². The molecule has 0 saturated carbocycles. The number of rotatable bonds is 5. The van der Waals surface area contributed by atoms with Gasteiger partial charge in [0.15, 0.2) is 0 Å². The molecule has 5 nitrogen and oxygen atoms in total. The van der Waals surface area contributed by atoms with Crippen molar-refractivity contribution in [2.24, 2.45) is 0 Å². The molecule has 2 N–H and O–H groups in total. The molecular formula is C11H23N3O2S. The van der Waals surface area contributed by atoms with Gasteiger partial charge >= 0.3 is 0 Å². The minimum atomic E-state index is -3.14. The predicted molar refractivity (Wildman–Crippen MR) is 68.5 cm³/mol. The summed E-state index contributed by atoms with van der Waals surface area (Å²) >= 11 is 0. The van der Waals surface area contributed by atoms with E-state index in [-0.39, 0.29) is 11.3 Å². The zero-order valence-corrected chi connectivity index (χ0v) is 11.3. The molecule has 6 heteroatoms. The van der Waals surface area contributed by atoms with Gasteiger partial charge in [-0.25, -0.2) is 13.1 Å². The summed E-state index contributed by atoms with van der Waals surface area (Å²) < 4.78 is 26.9. The Morgan fingerprint density at radius 2 is 2.12 bits per heavy atom. The van der Waals surface area contributed by atoms with Gasteiger partial charge in [0.2, 0.25) is 10.0 Å². The van der Waals surface area contributed by atoms with Crippen molar-refractivity contribution in [2.75, 3.05) is 32.7 Å². The van der Waals surface area contributed by atoms with Gasteiger partial charge in [-0.05, 0) is 45.8 Å². The van der Waals surface area contributed by atoms with E-state index >= 15 is 0 Å². The summed E-state index contributed by atoms with van der Waals surface area (Å²) in [5, 5.41) is 2.85. The average molecular weight is 261 g/mol. The first kappa shape index (κ1) is 13.3. The first-order valence-corrected chi connectivity index (χ1v) is 8.07. The molecule has 0 aromatic heterocycles. The van der Waals surface area contributed by atoms with Crippen molar-refractivity contribution < 1.29 is 8.42 Å². The largest absolute Gasteiger partial charge is 0.315 e. The van der Waals surface area contributed by atoms with E-state index in [4.69, 9.17) is 0 Å². The Morgan fingerprint density at radius 1 is 1.41 bits per heavy atom. The number of nitrogens with one attached hydrogen (secondary N) is 2. The molecule has 0 aromatic rings. The van der Waals surface area contributed by atoms with E-state index in [2.05, 4.69) is 14.9 Å². The Hall–Kier alpha value is -0.170. The van der Waals surface area contributed by atoms with Crippen molar-refractivity contribution in [3.05, 3.63) is 0 Å². The Labute approximate surface area is 104 Å². The van der Waals surface area contributed by atoms with Crippen LogP contribution >= 0.6 is 0 Å². The lowest BCUT2D eigenvalue weighted by atomic mass is 10.3. The first-order valence-electron chi connectivity index (χ1n) is 6.52. The number of nitrogens with zero attached hydrogens (tertiary/aromatic N) is 1. The third-order valence-electron chi connectivity index (χ3n) is 3.55. The molecule has 0 amide bonds. The lowest BCUT2D eigenvalue weighted by molar-refractivity contribution is 0.312. The van der Waals surface area contributed by atoms with Crippen LogP contribution in [0.1, 0.15) is 26.2 Å². The lowest BCUT2D eigenvalue weighted by Crippen LogP contribution is -2.45. The third-order valence-corrected chi connectivity index (χ3v) is 5.56. The van der Waals surface area contributed by atoms with Crippen LogP contribution in [0.4, 0.5) is 0 Å². The molecule has 0 radical (unpaired) electrons. The van der Waals surface area contributed by atoms with Gasteiger partial charge in [0.1, 0.15) is 0 Å². The maximum absolute atomic E-state index is 12.0. The molecule has 2 atom stereocenters. The highest BCUT2D eigenvalue weighted by Gasteiger charge is 2.30. The normalized spacial score (nSPS) is 28.6. The Bertz CT molecular complexity index is 333. The molecule has 2 fully saturated rings. The van der Waals surface area contributed by atoms with E-state index in [0.29, 0.717) is 6.54 Å². The molecule has 2 rings (SSSR count). The van der Waals surface area contributed by atoms with Gasteiger partial charge in [-0.15, -0.1) is 0 Å². The fourth-order valence-corrected chi connectivity index (χ4v) is 4.25. The van der Waals surface area contributed by atoms with E-state index in [0.717, 1.165) is 32.6 Å². The molecule has 2 aliphatic rings. The Kier molecular flexibility index (Phi) is 4.41. The topological polar surface area (TPSA) is 61.4 Å². The Morgan fingerprint density at radius 3 is 2.71 bits per heavy atom. The van der Waals surface area contributed by atoms with Crippen LogP contribution in [0, 0.1) is 0 Å². The van der Waals surface area contributed by atoms with Crippen molar-refractivity contribution >= 4 is 10.0 Å². The number of sulfonamides is 1. The lowest BCUT2D eigenvalue weighted by Gasteiger charge is -2.22. The maximum atomic E-state index is 12.0. The van der Waals surface area contributed by atoms with Crippen LogP contribution in [-0.4, -0.2) is 57.3 Å². The second kappa shape index (κ2) is 5.65. The van der Waals surface area contributed by atoms with E-state index < -0.39 is 10.0 Å². The van der Waals surface area contributed by atoms with Gasteiger partial charge in [-0.3, -0.25) is 0 Å². The zero-order chi connectivity index (χ0) is 12.3. The van der Waals surface area contributed by atoms with Gasteiger partial charge in [-0.1, -0.05) is 0 Å². The number of likely N-dealkylation sites (tertiary alicyclic amines) is 1. The van der Waals surface area contributed by atoms with E-state index in [1.807, 2.05) is 6.92 Å². The van der Waals surface area contributed by atoms with Crippen LogP contribution in [0.5, 0.6) is 0 Å². The summed E-state index contributed by atoms with van der Waals surface area (Å²) in [4.78, 5) is 2.33. The highest BCUT2D eigenvalue weighted by molar-refractivity contribution is 7.90. The quantitative estimate of drug-likeness (QED) is 0.716. The molecular weight excluding hydrogens is 238 g/mol. The summed E-state index contributed by atoms with van der Waals surface area (Å²) in [5.74, 6) is 0. The summed E-state index contributed by atoms with van der Waals surface area (Å²) in [6.45, 7) is 6.41. The summed E-state index contributed by atoms with van der Waals surface area (Å²) in [7, 11) is -3.14. The molecule has 0 aliphatic carbocycles. The smallest absolute Gasteiger partial charge is 0.216 e. The molecule has 0 spiro atoms. The molecule has 2 unspecified atom stereocenters.